The van der Waals surface area contributed by atoms with Crippen LogP contribution < -0.4 is 10.9 Å². The first kappa shape index (κ1) is 18.1. The summed E-state index contributed by atoms with van der Waals surface area (Å²) in [4.78, 5) is 35.2. The maximum Gasteiger partial charge on any atom is 0.271 e. The number of nitrogens with zero attached hydrogens (tertiary/aromatic N) is 3. The van der Waals surface area contributed by atoms with Crippen molar-refractivity contribution in [1.29, 1.82) is 0 Å². The smallest absolute Gasteiger partial charge is 0.271 e. The van der Waals surface area contributed by atoms with Gasteiger partial charge in [-0.25, -0.2) is 9.97 Å². The summed E-state index contributed by atoms with van der Waals surface area (Å²) in [6.45, 7) is 6.21. The molecule has 0 aliphatic heterocycles. The Morgan fingerprint density at radius 2 is 2.04 bits per heavy atom. The van der Waals surface area contributed by atoms with E-state index in [1.165, 1.54) is 22.2 Å². The van der Waals surface area contributed by atoms with Crippen LogP contribution in [0.1, 0.15) is 43.9 Å². The molecule has 1 fully saturated rings. The number of fused-ring (bicyclic) bond motifs is 3. The number of carbonyl (C=O) groups excluding carboxylic acids is 1. The number of amides is 1. The second-order valence-electron chi connectivity index (χ2n) is 7.74. The van der Waals surface area contributed by atoms with Crippen LogP contribution >= 0.6 is 11.3 Å². The van der Waals surface area contributed by atoms with Gasteiger partial charge in [0, 0.05) is 17.1 Å². The quantitative estimate of drug-likeness (QED) is 0.751. The highest BCUT2D eigenvalue weighted by molar-refractivity contribution is 7.25. The molecule has 1 N–H and O–H groups in total. The van der Waals surface area contributed by atoms with Crippen LogP contribution in [0.3, 0.4) is 0 Å². The number of hydrogen-bond acceptors (Lipinski definition) is 5. The van der Waals surface area contributed by atoms with E-state index in [1.807, 2.05) is 19.9 Å². The second-order valence-corrected chi connectivity index (χ2v) is 8.74. The van der Waals surface area contributed by atoms with Crippen molar-refractivity contribution >= 4 is 37.7 Å². The molecule has 1 aliphatic carbocycles. The highest BCUT2D eigenvalue weighted by atomic mass is 32.1. The lowest BCUT2D eigenvalue weighted by Gasteiger charge is -2.26. The average molecular weight is 385 g/mol. The molecule has 27 heavy (non-hydrogen) atoms. The summed E-state index contributed by atoms with van der Waals surface area (Å²) in [5.74, 6) is 0.616. The van der Waals surface area contributed by atoms with Gasteiger partial charge in [-0.05, 0) is 57.1 Å². The van der Waals surface area contributed by atoms with Crippen molar-refractivity contribution in [3.8, 4) is 0 Å². The molecule has 3 aromatic rings. The van der Waals surface area contributed by atoms with Crippen LogP contribution in [-0.2, 0) is 11.3 Å². The van der Waals surface area contributed by atoms with Gasteiger partial charge >= 0.3 is 0 Å². The monoisotopic (exact) mass is 384 g/mol. The minimum absolute atomic E-state index is 0.00745. The number of hydrogen-bond donors (Lipinski definition) is 1. The zero-order valence-electron chi connectivity index (χ0n) is 15.9. The molecule has 0 unspecified atom stereocenters. The summed E-state index contributed by atoms with van der Waals surface area (Å²) in [5, 5.41) is 4.01. The molecule has 1 aliphatic rings. The third-order valence-electron chi connectivity index (χ3n) is 5.44. The minimum atomic E-state index is -0.174. The van der Waals surface area contributed by atoms with Gasteiger partial charge in [0.1, 0.15) is 16.1 Å². The lowest BCUT2D eigenvalue weighted by molar-refractivity contribution is -0.122. The van der Waals surface area contributed by atoms with Crippen molar-refractivity contribution in [3.63, 3.8) is 0 Å². The number of nitrogens with one attached hydrogen (secondary N) is 1. The molecular formula is C20H24N4O2S. The van der Waals surface area contributed by atoms with Crippen molar-refractivity contribution in [2.75, 3.05) is 0 Å². The lowest BCUT2D eigenvalue weighted by atomic mass is 9.87. The zero-order valence-corrected chi connectivity index (χ0v) is 16.7. The normalized spacial score (nSPS) is 20.3. The van der Waals surface area contributed by atoms with Gasteiger partial charge in [0.15, 0.2) is 0 Å². The van der Waals surface area contributed by atoms with E-state index < -0.39 is 0 Å². The Kier molecular flexibility index (Phi) is 4.72. The molecule has 1 saturated carbocycles. The van der Waals surface area contributed by atoms with E-state index in [0.29, 0.717) is 10.2 Å². The maximum absolute atomic E-state index is 12.9. The Morgan fingerprint density at radius 3 is 2.78 bits per heavy atom. The second kappa shape index (κ2) is 7.03. The SMILES string of the molecule is Cc1cc(C)c2c(n1)sc1c(=O)n(CC(=O)NC3CCC(C)CC3)cnc12. The average Bonchev–Trinajstić information content (AvgIpc) is 2.99. The third-order valence-corrected chi connectivity index (χ3v) is 6.50. The Morgan fingerprint density at radius 1 is 1.30 bits per heavy atom. The Balaban J connectivity index is 1.60. The van der Waals surface area contributed by atoms with Crippen molar-refractivity contribution in [3.05, 3.63) is 34.0 Å². The Hall–Kier alpha value is -2.28. The molecule has 0 spiro atoms. The Bertz CT molecular complexity index is 1080. The number of carbonyl (C=O) groups is 1. The summed E-state index contributed by atoms with van der Waals surface area (Å²) in [6.07, 6.45) is 5.80. The molecule has 3 aromatic heterocycles. The highest BCUT2D eigenvalue weighted by Gasteiger charge is 2.21. The number of thiophene rings is 1. The van der Waals surface area contributed by atoms with Gasteiger partial charge in [-0.2, -0.15) is 0 Å². The molecule has 142 valence electrons. The van der Waals surface area contributed by atoms with E-state index in [4.69, 9.17) is 0 Å². The van der Waals surface area contributed by atoms with E-state index in [-0.39, 0.29) is 24.1 Å². The topological polar surface area (TPSA) is 76.9 Å². The van der Waals surface area contributed by atoms with Gasteiger partial charge < -0.3 is 5.32 Å². The zero-order chi connectivity index (χ0) is 19.1. The van der Waals surface area contributed by atoms with Crippen molar-refractivity contribution in [1.82, 2.24) is 19.9 Å². The fourth-order valence-electron chi connectivity index (χ4n) is 3.95. The molecule has 0 atom stereocenters. The van der Waals surface area contributed by atoms with E-state index >= 15 is 0 Å². The first-order valence-electron chi connectivity index (χ1n) is 9.47. The van der Waals surface area contributed by atoms with Crippen LogP contribution in [0, 0.1) is 19.8 Å². The summed E-state index contributed by atoms with van der Waals surface area (Å²) in [6, 6.07) is 2.22. The number of rotatable bonds is 3. The maximum atomic E-state index is 12.9. The minimum Gasteiger partial charge on any atom is -0.352 e. The fourth-order valence-corrected chi connectivity index (χ4v) is 5.15. The third kappa shape index (κ3) is 3.48. The molecule has 6 nitrogen and oxygen atoms in total. The molecule has 4 rings (SSSR count). The van der Waals surface area contributed by atoms with Gasteiger partial charge in [-0.1, -0.05) is 6.92 Å². The van der Waals surface area contributed by atoms with Crippen LogP contribution in [0.4, 0.5) is 0 Å². The van der Waals surface area contributed by atoms with Crippen molar-refractivity contribution in [2.45, 2.75) is 59.0 Å². The molecule has 0 aromatic carbocycles. The van der Waals surface area contributed by atoms with Gasteiger partial charge in [-0.15, -0.1) is 11.3 Å². The summed E-state index contributed by atoms with van der Waals surface area (Å²) >= 11 is 1.36. The van der Waals surface area contributed by atoms with Crippen LogP contribution in [0.15, 0.2) is 17.2 Å². The first-order valence-corrected chi connectivity index (χ1v) is 10.3. The van der Waals surface area contributed by atoms with E-state index in [0.717, 1.165) is 53.1 Å². The molecule has 0 radical (unpaired) electrons. The van der Waals surface area contributed by atoms with Crippen molar-refractivity contribution < 1.29 is 4.79 Å². The van der Waals surface area contributed by atoms with Crippen molar-refractivity contribution in [2.24, 2.45) is 5.92 Å². The largest absolute Gasteiger partial charge is 0.352 e. The molecule has 0 bridgehead atoms. The lowest BCUT2D eigenvalue weighted by Crippen LogP contribution is -2.40. The van der Waals surface area contributed by atoms with E-state index in [1.54, 1.807) is 0 Å². The van der Waals surface area contributed by atoms with Crippen LogP contribution in [-0.4, -0.2) is 26.5 Å². The van der Waals surface area contributed by atoms with Crippen LogP contribution in [0.25, 0.3) is 20.4 Å². The van der Waals surface area contributed by atoms with E-state index in [9.17, 15) is 9.59 Å². The van der Waals surface area contributed by atoms with Crippen LogP contribution in [0.2, 0.25) is 0 Å². The molecule has 7 heteroatoms. The standard InChI is InChI=1S/C20H24N4O2S/c1-11-4-6-14(7-5-11)23-15(25)9-24-10-21-17-16-12(2)8-13(3)22-19(16)27-18(17)20(24)26/h8,10-11,14H,4-7,9H2,1-3H3,(H,23,25). The van der Waals surface area contributed by atoms with Crippen LogP contribution in [0.5, 0.6) is 0 Å². The van der Waals surface area contributed by atoms with Gasteiger partial charge in [0.2, 0.25) is 5.91 Å². The predicted octanol–water partition coefficient (Wildman–Crippen LogP) is 3.32. The van der Waals surface area contributed by atoms with Gasteiger partial charge in [0.05, 0.1) is 11.8 Å². The molecule has 3 heterocycles. The number of aryl methyl sites for hydroxylation is 2. The molecule has 1 amide bonds. The summed E-state index contributed by atoms with van der Waals surface area (Å²) in [7, 11) is 0. The number of pyridine rings is 1. The molecular weight excluding hydrogens is 360 g/mol. The number of aromatic nitrogens is 3. The fraction of sp³-hybridized carbons (Fsp3) is 0.500. The van der Waals surface area contributed by atoms with Gasteiger partial charge in [-0.3, -0.25) is 14.2 Å². The summed E-state index contributed by atoms with van der Waals surface area (Å²) < 4.78 is 1.97. The summed E-state index contributed by atoms with van der Waals surface area (Å²) in [5.41, 5.74) is 2.50. The van der Waals surface area contributed by atoms with E-state index in [2.05, 4.69) is 22.2 Å². The Labute approximate surface area is 161 Å². The molecule has 0 saturated heterocycles. The van der Waals surface area contributed by atoms with Gasteiger partial charge in [0.25, 0.3) is 5.56 Å². The first-order chi connectivity index (χ1) is 12.9. The predicted molar refractivity (Wildman–Crippen MR) is 108 cm³/mol. The highest BCUT2D eigenvalue weighted by Crippen LogP contribution is 2.31.